The maximum Gasteiger partial charge on any atom is 0.220 e. The van der Waals surface area contributed by atoms with E-state index in [2.05, 4.69) is 10.3 Å². The minimum atomic E-state index is -0.0345. The number of aryl methyl sites for hydroxylation is 1. The largest absolute Gasteiger partial charge is 0.493 e. The molecule has 1 aromatic carbocycles. The Hall–Kier alpha value is -2.50. The molecule has 112 valence electrons. The highest BCUT2D eigenvalue weighted by atomic mass is 16.5. The molecule has 0 bridgehead atoms. The van der Waals surface area contributed by atoms with Gasteiger partial charge in [0.1, 0.15) is 6.26 Å². The van der Waals surface area contributed by atoms with E-state index in [0.29, 0.717) is 30.9 Å². The second-order valence-electron chi connectivity index (χ2n) is 4.45. The van der Waals surface area contributed by atoms with E-state index < -0.39 is 0 Å². The van der Waals surface area contributed by atoms with Gasteiger partial charge in [-0.25, -0.2) is 4.98 Å². The molecule has 0 aliphatic heterocycles. The van der Waals surface area contributed by atoms with Crippen LogP contribution < -0.4 is 14.8 Å². The number of hydrogen-bond donors (Lipinski definition) is 1. The highest BCUT2D eigenvalue weighted by Gasteiger charge is 2.07. The quantitative estimate of drug-likeness (QED) is 0.843. The molecule has 0 saturated heterocycles. The Morgan fingerprint density at radius 1 is 1.29 bits per heavy atom. The van der Waals surface area contributed by atoms with Crippen molar-refractivity contribution in [3.8, 4) is 11.5 Å². The molecule has 2 rings (SSSR count). The smallest absolute Gasteiger partial charge is 0.220 e. The van der Waals surface area contributed by atoms with Gasteiger partial charge in [-0.15, -0.1) is 0 Å². The molecule has 0 radical (unpaired) electrons. The van der Waals surface area contributed by atoms with Gasteiger partial charge in [0.25, 0.3) is 0 Å². The fraction of sp³-hybridized carbons (Fsp3) is 0.333. The zero-order valence-electron chi connectivity index (χ0n) is 12.1. The SMILES string of the molecule is COc1ccc(CNC(=O)CCc2cocn2)cc1OC. The van der Waals surface area contributed by atoms with Crippen LogP contribution in [0.5, 0.6) is 11.5 Å². The summed E-state index contributed by atoms with van der Waals surface area (Å²) in [5.41, 5.74) is 1.72. The van der Waals surface area contributed by atoms with Crippen LogP contribution in [0.3, 0.4) is 0 Å². The molecule has 0 unspecified atom stereocenters. The van der Waals surface area contributed by atoms with Crippen LogP contribution in [0.4, 0.5) is 0 Å². The monoisotopic (exact) mass is 290 g/mol. The Balaban J connectivity index is 1.83. The minimum Gasteiger partial charge on any atom is -0.493 e. The van der Waals surface area contributed by atoms with Crippen LogP contribution >= 0.6 is 0 Å². The molecule has 0 saturated carbocycles. The van der Waals surface area contributed by atoms with Gasteiger partial charge in [0, 0.05) is 19.4 Å². The molecule has 0 aliphatic rings. The van der Waals surface area contributed by atoms with Crippen LogP contribution in [-0.4, -0.2) is 25.1 Å². The van der Waals surface area contributed by atoms with Crippen molar-refractivity contribution in [3.63, 3.8) is 0 Å². The lowest BCUT2D eigenvalue weighted by molar-refractivity contribution is -0.121. The lowest BCUT2D eigenvalue weighted by atomic mass is 10.2. The van der Waals surface area contributed by atoms with Crippen molar-refractivity contribution in [2.24, 2.45) is 0 Å². The number of ether oxygens (including phenoxy) is 2. The maximum atomic E-state index is 11.8. The van der Waals surface area contributed by atoms with E-state index in [1.807, 2.05) is 18.2 Å². The fourth-order valence-electron chi connectivity index (χ4n) is 1.88. The average Bonchev–Trinajstić information content (AvgIpc) is 3.04. The lowest BCUT2D eigenvalue weighted by Gasteiger charge is -2.10. The summed E-state index contributed by atoms with van der Waals surface area (Å²) >= 11 is 0. The van der Waals surface area contributed by atoms with E-state index in [1.54, 1.807) is 20.5 Å². The summed E-state index contributed by atoms with van der Waals surface area (Å²) in [6.45, 7) is 0.442. The first kappa shape index (κ1) is 14.9. The van der Waals surface area contributed by atoms with E-state index in [0.717, 1.165) is 11.3 Å². The molecule has 6 heteroatoms. The number of oxazole rings is 1. The van der Waals surface area contributed by atoms with Gasteiger partial charge in [0.2, 0.25) is 5.91 Å². The summed E-state index contributed by atoms with van der Waals surface area (Å²) in [5.74, 6) is 1.28. The minimum absolute atomic E-state index is 0.0345. The second-order valence-corrected chi connectivity index (χ2v) is 4.45. The first-order valence-electron chi connectivity index (χ1n) is 6.57. The molecule has 21 heavy (non-hydrogen) atoms. The topological polar surface area (TPSA) is 73.6 Å². The Morgan fingerprint density at radius 3 is 2.76 bits per heavy atom. The van der Waals surface area contributed by atoms with Crippen LogP contribution in [-0.2, 0) is 17.8 Å². The van der Waals surface area contributed by atoms with E-state index >= 15 is 0 Å². The van der Waals surface area contributed by atoms with Crippen molar-refractivity contribution in [1.29, 1.82) is 0 Å². The molecule has 6 nitrogen and oxygen atoms in total. The van der Waals surface area contributed by atoms with Crippen LogP contribution in [0.25, 0.3) is 0 Å². The number of rotatable bonds is 7. The van der Waals surface area contributed by atoms with Gasteiger partial charge in [0.05, 0.1) is 19.9 Å². The third-order valence-electron chi connectivity index (χ3n) is 3.03. The number of nitrogens with zero attached hydrogens (tertiary/aromatic N) is 1. The molecule has 0 fully saturated rings. The number of benzene rings is 1. The Kier molecular flexibility index (Phi) is 5.20. The maximum absolute atomic E-state index is 11.8. The van der Waals surface area contributed by atoms with Gasteiger partial charge in [0.15, 0.2) is 17.9 Å². The molecule has 0 atom stereocenters. The van der Waals surface area contributed by atoms with Crippen LogP contribution in [0.2, 0.25) is 0 Å². The van der Waals surface area contributed by atoms with Crippen LogP contribution in [0.15, 0.2) is 35.3 Å². The molecular formula is C15H18N2O4. The van der Waals surface area contributed by atoms with Gasteiger partial charge < -0.3 is 19.2 Å². The standard InChI is InChI=1S/C15H18N2O4/c1-19-13-5-3-11(7-14(13)20-2)8-16-15(18)6-4-12-9-21-10-17-12/h3,5,7,9-10H,4,6,8H2,1-2H3,(H,16,18). The molecule has 1 aromatic heterocycles. The predicted octanol–water partition coefficient (Wildman–Crippen LogP) is 1.94. The predicted molar refractivity (Wildman–Crippen MR) is 76.2 cm³/mol. The van der Waals surface area contributed by atoms with Crippen molar-refractivity contribution >= 4 is 5.91 Å². The third kappa shape index (κ3) is 4.24. The number of nitrogens with one attached hydrogen (secondary N) is 1. The Bertz CT molecular complexity index is 581. The lowest BCUT2D eigenvalue weighted by Crippen LogP contribution is -2.23. The Labute approximate surface area is 123 Å². The van der Waals surface area contributed by atoms with Crippen molar-refractivity contribution in [1.82, 2.24) is 10.3 Å². The molecule has 1 N–H and O–H groups in total. The normalized spacial score (nSPS) is 10.2. The number of methoxy groups -OCH3 is 2. The summed E-state index contributed by atoms with van der Waals surface area (Å²) in [4.78, 5) is 15.7. The molecule has 0 aliphatic carbocycles. The Morgan fingerprint density at radius 2 is 2.10 bits per heavy atom. The summed E-state index contributed by atoms with van der Waals surface area (Å²) in [6.07, 6.45) is 3.84. The number of carbonyl (C=O) groups is 1. The van der Waals surface area contributed by atoms with E-state index in [1.165, 1.54) is 6.39 Å². The zero-order valence-corrected chi connectivity index (χ0v) is 12.1. The third-order valence-corrected chi connectivity index (χ3v) is 3.03. The number of hydrogen-bond acceptors (Lipinski definition) is 5. The number of carbonyl (C=O) groups excluding carboxylic acids is 1. The van der Waals surface area contributed by atoms with Crippen LogP contribution in [0.1, 0.15) is 17.7 Å². The summed E-state index contributed by atoms with van der Waals surface area (Å²) in [7, 11) is 3.17. The molecule has 0 spiro atoms. The first-order valence-corrected chi connectivity index (χ1v) is 6.57. The molecule has 2 aromatic rings. The molecule has 1 heterocycles. The van der Waals surface area contributed by atoms with Crippen molar-refractivity contribution < 1.29 is 18.7 Å². The summed E-state index contributed by atoms with van der Waals surface area (Å²) in [6, 6.07) is 5.55. The van der Waals surface area contributed by atoms with Crippen molar-refractivity contribution in [3.05, 3.63) is 42.1 Å². The first-order chi connectivity index (χ1) is 10.2. The fourth-order valence-corrected chi connectivity index (χ4v) is 1.88. The summed E-state index contributed by atoms with van der Waals surface area (Å²) in [5, 5.41) is 2.86. The van der Waals surface area contributed by atoms with Crippen molar-refractivity contribution in [2.45, 2.75) is 19.4 Å². The molecule has 1 amide bonds. The van der Waals surface area contributed by atoms with Gasteiger partial charge >= 0.3 is 0 Å². The highest BCUT2D eigenvalue weighted by molar-refractivity contribution is 5.76. The highest BCUT2D eigenvalue weighted by Crippen LogP contribution is 2.27. The van der Waals surface area contributed by atoms with E-state index in [9.17, 15) is 4.79 Å². The summed E-state index contributed by atoms with van der Waals surface area (Å²) < 4.78 is 15.2. The zero-order chi connectivity index (χ0) is 15.1. The van der Waals surface area contributed by atoms with E-state index in [-0.39, 0.29) is 5.91 Å². The molecular weight excluding hydrogens is 272 g/mol. The van der Waals surface area contributed by atoms with Gasteiger partial charge in [-0.05, 0) is 17.7 Å². The number of amides is 1. The van der Waals surface area contributed by atoms with Crippen LogP contribution in [0, 0.1) is 0 Å². The van der Waals surface area contributed by atoms with E-state index in [4.69, 9.17) is 13.9 Å². The average molecular weight is 290 g/mol. The van der Waals surface area contributed by atoms with Crippen molar-refractivity contribution in [2.75, 3.05) is 14.2 Å². The van der Waals surface area contributed by atoms with Gasteiger partial charge in [-0.3, -0.25) is 4.79 Å². The second kappa shape index (κ2) is 7.33. The van der Waals surface area contributed by atoms with Gasteiger partial charge in [-0.2, -0.15) is 0 Å². The number of aromatic nitrogens is 1. The van der Waals surface area contributed by atoms with Gasteiger partial charge in [-0.1, -0.05) is 6.07 Å².